The van der Waals surface area contributed by atoms with Gasteiger partial charge < -0.3 is 38.3 Å². The van der Waals surface area contributed by atoms with Crippen LogP contribution in [0.25, 0.3) is 0 Å². The second-order valence-corrected chi connectivity index (χ2v) is 12.6. The molecular formula is C45H50O8. The SMILES string of the molecule is C=C[C@@H](OCc1ccc(OC)c(OC)c1)[C@H](OCc1ccccc1)[C@@H](OCc1ccccc1)[C@H](OCc1ccccc1)[C@H](O)COCc1ccccc1. The van der Waals surface area contributed by atoms with Crippen LogP contribution in [0.5, 0.6) is 11.5 Å². The summed E-state index contributed by atoms with van der Waals surface area (Å²) in [5, 5.41) is 12.0. The van der Waals surface area contributed by atoms with Crippen LogP contribution in [-0.4, -0.2) is 56.5 Å². The van der Waals surface area contributed by atoms with E-state index >= 15 is 0 Å². The molecule has 0 spiro atoms. The highest BCUT2D eigenvalue weighted by Gasteiger charge is 2.41. The smallest absolute Gasteiger partial charge is 0.161 e. The fourth-order valence-electron chi connectivity index (χ4n) is 5.90. The number of aliphatic hydroxyl groups is 1. The van der Waals surface area contributed by atoms with Crippen molar-refractivity contribution in [1.29, 1.82) is 0 Å². The number of aliphatic hydroxyl groups excluding tert-OH is 1. The minimum absolute atomic E-state index is 0.00376. The van der Waals surface area contributed by atoms with Gasteiger partial charge in [0.2, 0.25) is 0 Å². The summed E-state index contributed by atoms with van der Waals surface area (Å²) in [6.07, 6.45) is -2.59. The summed E-state index contributed by atoms with van der Waals surface area (Å²) in [6, 6.07) is 45.1. The van der Waals surface area contributed by atoms with Crippen LogP contribution in [-0.2, 0) is 56.7 Å². The van der Waals surface area contributed by atoms with Gasteiger partial charge in [-0.15, -0.1) is 6.58 Å². The molecule has 5 aromatic carbocycles. The first-order chi connectivity index (χ1) is 26.1. The maximum Gasteiger partial charge on any atom is 0.161 e. The normalized spacial score (nSPS) is 14.1. The van der Waals surface area contributed by atoms with E-state index in [-0.39, 0.29) is 33.0 Å². The van der Waals surface area contributed by atoms with Crippen molar-refractivity contribution >= 4 is 0 Å². The zero-order chi connectivity index (χ0) is 37.1. The first-order valence-electron chi connectivity index (χ1n) is 17.8. The van der Waals surface area contributed by atoms with Crippen LogP contribution in [0.15, 0.2) is 152 Å². The van der Waals surface area contributed by atoms with Crippen LogP contribution in [0, 0.1) is 0 Å². The van der Waals surface area contributed by atoms with Crippen molar-refractivity contribution in [3.05, 3.63) is 180 Å². The molecule has 0 aliphatic heterocycles. The summed E-state index contributed by atoms with van der Waals surface area (Å²) in [4.78, 5) is 0. The fourth-order valence-corrected chi connectivity index (χ4v) is 5.90. The minimum atomic E-state index is -1.10. The van der Waals surface area contributed by atoms with Crippen molar-refractivity contribution < 1.29 is 38.3 Å². The van der Waals surface area contributed by atoms with Gasteiger partial charge in [-0.2, -0.15) is 0 Å². The Morgan fingerprint density at radius 1 is 0.491 bits per heavy atom. The Morgan fingerprint density at radius 3 is 1.40 bits per heavy atom. The van der Waals surface area contributed by atoms with E-state index in [0.717, 1.165) is 27.8 Å². The molecule has 0 aliphatic rings. The average molecular weight is 719 g/mol. The lowest BCUT2D eigenvalue weighted by Crippen LogP contribution is -2.53. The molecule has 5 aromatic rings. The van der Waals surface area contributed by atoms with Gasteiger partial charge in [0.1, 0.15) is 30.5 Å². The molecule has 0 saturated heterocycles. The third-order valence-electron chi connectivity index (χ3n) is 8.73. The van der Waals surface area contributed by atoms with Crippen molar-refractivity contribution in [2.45, 2.75) is 63.6 Å². The highest BCUT2D eigenvalue weighted by molar-refractivity contribution is 5.42. The Labute approximate surface area is 313 Å². The molecule has 278 valence electrons. The maximum atomic E-state index is 12.0. The van der Waals surface area contributed by atoms with Gasteiger partial charge in [0.25, 0.3) is 0 Å². The van der Waals surface area contributed by atoms with E-state index in [1.54, 1.807) is 20.3 Å². The maximum absolute atomic E-state index is 12.0. The highest BCUT2D eigenvalue weighted by atomic mass is 16.6. The van der Waals surface area contributed by atoms with Crippen LogP contribution < -0.4 is 9.47 Å². The largest absolute Gasteiger partial charge is 0.493 e. The third kappa shape index (κ3) is 12.4. The quantitative estimate of drug-likeness (QED) is 0.0679. The average Bonchev–Trinajstić information content (AvgIpc) is 3.22. The third-order valence-corrected chi connectivity index (χ3v) is 8.73. The molecule has 0 saturated carbocycles. The Balaban J connectivity index is 1.48. The second-order valence-electron chi connectivity index (χ2n) is 12.6. The van der Waals surface area contributed by atoms with Crippen molar-refractivity contribution in [2.24, 2.45) is 0 Å². The molecule has 0 bridgehead atoms. The molecule has 0 aliphatic carbocycles. The lowest BCUT2D eigenvalue weighted by atomic mass is 9.97. The van der Waals surface area contributed by atoms with Gasteiger partial charge in [0.15, 0.2) is 11.5 Å². The van der Waals surface area contributed by atoms with Gasteiger partial charge in [0, 0.05) is 0 Å². The molecule has 0 radical (unpaired) electrons. The molecule has 5 atom stereocenters. The number of ether oxygens (including phenoxy) is 7. The van der Waals surface area contributed by atoms with Gasteiger partial charge in [-0.05, 0) is 39.9 Å². The monoisotopic (exact) mass is 718 g/mol. The number of hydrogen-bond donors (Lipinski definition) is 1. The lowest BCUT2D eigenvalue weighted by molar-refractivity contribution is -0.207. The predicted molar refractivity (Wildman–Crippen MR) is 205 cm³/mol. The molecule has 8 heteroatoms. The van der Waals surface area contributed by atoms with Gasteiger partial charge in [-0.1, -0.05) is 133 Å². The Hall–Kier alpha value is -4.80. The van der Waals surface area contributed by atoms with Crippen molar-refractivity contribution in [3.8, 4) is 11.5 Å². The van der Waals surface area contributed by atoms with Gasteiger partial charge in [-0.3, -0.25) is 0 Å². The molecule has 5 rings (SSSR count). The van der Waals surface area contributed by atoms with Gasteiger partial charge >= 0.3 is 0 Å². The standard InChI is InChI=1S/C45H50O8/c1-4-40(50-32-38-25-26-41(47-2)42(27-38)48-3)44(52-30-36-21-13-7-14-22-36)45(53-31-37-23-15-8-16-24-37)43(51-29-35-19-11-6-12-20-35)39(46)33-49-28-34-17-9-5-10-18-34/h4-27,39-40,43-46H,1,28-33H2,2-3H3/t39-,40-,43-,44+,45+/m1/s1. The minimum Gasteiger partial charge on any atom is -0.493 e. The lowest BCUT2D eigenvalue weighted by Gasteiger charge is -2.38. The van der Waals surface area contributed by atoms with Gasteiger partial charge in [-0.25, -0.2) is 0 Å². The van der Waals surface area contributed by atoms with Gasteiger partial charge in [0.05, 0.1) is 53.9 Å². The zero-order valence-corrected chi connectivity index (χ0v) is 30.5. The van der Waals surface area contributed by atoms with Crippen LogP contribution in [0.2, 0.25) is 0 Å². The molecule has 53 heavy (non-hydrogen) atoms. The summed E-state index contributed by atoms with van der Waals surface area (Å²) in [7, 11) is 3.20. The van der Waals surface area contributed by atoms with Crippen LogP contribution in [0.4, 0.5) is 0 Å². The van der Waals surface area contributed by atoms with E-state index < -0.39 is 30.5 Å². The Morgan fingerprint density at radius 2 is 0.925 bits per heavy atom. The number of methoxy groups -OCH3 is 2. The molecule has 0 fully saturated rings. The fraction of sp³-hybridized carbons (Fsp3) is 0.289. The summed E-state index contributed by atoms with van der Waals surface area (Å²) in [6.45, 7) is 5.42. The first kappa shape index (κ1) is 39.4. The number of benzene rings is 5. The molecular weight excluding hydrogens is 668 g/mol. The van der Waals surface area contributed by atoms with Crippen LogP contribution in [0.1, 0.15) is 27.8 Å². The summed E-state index contributed by atoms with van der Waals surface area (Å²) < 4.78 is 43.8. The van der Waals surface area contributed by atoms with E-state index in [4.69, 9.17) is 33.2 Å². The van der Waals surface area contributed by atoms with E-state index in [1.807, 2.05) is 140 Å². The molecule has 0 heterocycles. The molecule has 0 unspecified atom stereocenters. The van der Waals surface area contributed by atoms with Crippen molar-refractivity contribution in [2.75, 3.05) is 20.8 Å². The summed E-state index contributed by atoms with van der Waals surface area (Å²) in [5.74, 6) is 1.22. The number of hydrogen-bond acceptors (Lipinski definition) is 8. The molecule has 1 N–H and O–H groups in total. The molecule has 0 aromatic heterocycles. The molecule has 8 nitrogen and oxygen atoms in total. The van der Waals surface area contributed by atoms with Crippen LogP contribution >= 0.6 is 0 Å². The second kappa shape index (κ2) is 21.7. The van der Waals surface area contributed by atoms with E-state index in [9.17, 15) is 5.11 Å². The van der Waals surface area contributed by atoms with Crippen molar-refractivity contribution in [3.63, 3.8) is 0 Å². The summed E-state index contributed by atoms with van der Waals surface area (Å²) in [5.41, 5.74) is 4.73. The zero-order valence-electron chi connectivity index (χ0n) is 30.5. The predicted octanol–water partition coefficient (Wildman–Crippen LogP) is 8.11. The summed E-state index contributed by atoms with van der Waals surface area (Å²) >= 11 is 0. The molecule has 0 amide bonds. The first-order valence-corrected chi connectivity index (χ1v) is 17.8. The number of rotatable bonds is 23. The van der Waals surface area contributed by atoms with Crippen molar-refractivity contribution in [1.82, 2.24) is 0 Å². The Kier molecular flexibility index (Phi) is 16.1. The van der Waals surface area contributed by atoms with E-state index in [2.05, 4.69) is 6.58 Å². The van der Waals surface area contributed by atoms with E-state index in [1.165, 1.54) is 0 Å². The van der Waals surface area contributed by atoms with Crippen LogP contribution in [0.3, 0.4) is 0 Å². The Bertz CT molecular complexity index is 1740. The topological polar surface area (TPSA) is 84.8 Å². The van der Waals surface area contributed by atoms with E-state index in [0.29, 0.717) is 18.1 Å². The highest BCUT2D eigenvalue weighted by Crippen LogP contribution is 2.29.